The fourth-order valence-corrected chi connectivity index (χ4v) is 1.51. The maximum absolute atomic E-state index is 9.77. The van der Waals surface area contributed by atoms with E-state index in [1.165, 1.54) is 0 Å². The second-order valence-corrected chi connectivity index (χ2v) is 3.68. The minimum atomic E-state index is -0.632. The minimum absolute atomic E-state index is 0.0691. The largest absolute Gasteiger partial charge is 0.468 e. The summed E-state index contributed by atoms with van der Waals surface area (Å²) in [6.45, 7) is 2.41. The van der Waals surface area contributed by atoms with Crippen LogP contribution in [0.3, 0.4) is 0 Å². The van der Waals surface area contributed by atoms with Gasteiger partial charge in [0, 0.05) is 6.54 Å². The summed E-state index contributed by atoms with van der Waals surface area (Å²) in [6.07, 6.45) is 2.55. The molecular formula is C12H15NO3. The Morgan fingerprint density at radius 1 is 1.19 bits per heavy atom. The van der Waals surface area contributed by atoms with Crippen molar-refractivity contribution in [1.82, 2.24) is 5.32 Å². The lowest BCUT2D eigenvalue weighted by Gasteiger charge is -2.13. The Morgan fingerprint density at radius 3 is 2.38 bits per heavy atom. The number of nitrogens with one attached hydrogen (secondary N) is 1. The summed E-state index contributed by atoms with van der Waals surface area (Å²) in [7, 11) is 0. The van der Waals surface area contributed by atoms with Crippen LogP contribution in [-0.2, 0) is 0 Å². The van der Waals surface area contributed by atoms with Crippen LogP contribution < -0.4 is 5.32 Å². The lowest BCUT2D eigenvalue weighted by atomic mass is 10.2. The van der Waals surface area contributed by atoms with E-state index in [4.69, 9.17) is 8.83 Å². The summed E-state index contributed by atoms with van der Waals surface area (Å²) in [5.74, 6) is 1.42. The molecule has 0 saturated heterocycles. The van der Waals surface area contributed by atoms with Gasteiger partial charge in [0.05, 0.1) is 18.6 Å². The first-order chi connectivity index (χ1) is 7.77. The van der Waals surface area contributed by atoms with Crippen molar-refractivity contribution < 1.29 is 13.9 Å². The van der Waals surface area contributed by atoms with Crippen molar-refractivity contribution in [2.75, 3.05) is 6.54 Å². The first-order valence-corrected chi connectivity index (χ1v) is 5.25. The molecule has 0 aromatic carbocycles. The van der Waals surface area contributed by atoms with E-state index in [-0.39, 0.29) is 6.04 Å². The van der Waals surface area contributed by atoms with E-state index in [0.717, 1.165) is 5.76 Å². The molecule has 0 aliphatic rings. The van der Waals surface area contributed by atoms with Gasteiger partial charge in [-0.2, -0.15) is 0 Å². The van der Waals surface area contributed by atoms with Gasteiger partial charge in [-0.1, -0.05) is 0 Å². The topological polar surface area (TPSA) is 58.5 Å². The highest BCUT2D eigenvalue weighted by Crippen LogP contribution is 2.15. The number of furan rings is 2. The van der Waals surface area contributed by atoms with Crippen molar-refractivity contribution in [2.45, 2.75) is 19.1 Å². The smallest absolute Gasteiger partial charge is 0.133 e. The Labute approximate surface area is 93.9 Å². The van der Waals surface area contributed by atoms with Gasteiger partial charge in [-0.15, -0.1) is 0 Å². The molecule has 86 valence electrons. The minimum Gasteiger partial charge on any atom is -0.468 e. The zero-order valence-electron chi connectivity index (χ0n) is 9.09. The average Bonchev–Trinajstić information content (AvgIpc) is 2.95. The van der Waals surface area contributed by atoms with Gasteiger partial charge in [-0.3, -0.25) is 0 Å². The Morgan fingerprint density at radius 2 is 1.81 bits per heavy atom. The Bertz CT molecular complexity index is 354. The van der Waals surface area contributed by atoms with Crippen molar-refractivity contribution in [3.63, 3.8) is 0 Å². The molecule has 2 aromatic heterocycles. The van der Waals surface area contributed by atoms with Crippen molar-refractivity contribution in [2.24, 2.45) is 0 Å². The molecule has 4 nitrogen and oxygen atoms in total. The van der Waals surface area contributed by atoms with Gasteiger partial charge in [0.1, 0.15) is 17.6 Å². The molecule has 0 bridgehead atoms. The molecule has 2 aromatic rings. The number of rotatable bonds is 5. The standard InChI is InChI=1S/C12H15NO3/c1-9(11-4-2-6-15-11)13-8-10(14)12-5-3-7-16-12/h2-7,9-10,13-14H,8H2,1H3/t9-,10?/m0/s1. The van der Waals surface area contributed by atoms with Gasteiger partial charge in [0.25, 0.3) is 0 Å². The number of aliphatic hydroxyl groups is 1. The maximum atomic E-state index is 9.77. The fourth-order valence-electron chi connectivity index (χ4n) is 1.51. The molecule has 4 heteroatoms. The Kier molecular flexibility index (Phi) is 3.44. The second-order valence-electron chi connectivity index (χ2n) is 3.68. The highest BCUT2D eigenvalue weighted by molar-refractivity contribution is 5.05. The van der Waals surface area contributed by atoms with Crippen LogP contribution in [0.4, 0.5) is 0 Å². The number of hydrogen-bond donors (Lipinski definition) is 2. The highest BCUT2D eigenvalue weighted by atomic mass is 16.4. The predicted octanol–water partition coefficient (Wildman–Crippen LogP) is 2.26. The third-order valence-electron chi connectivity index (χ3n) is 2.46. The van der Waals surface area contributed by atoms with Crippen molar-refractivity contribution in [3.05, 3.63) is 48.3 Å². The summed E-state index contributed by atoms with van der Waals surface area (Å²) in [6, 6.07) is 7.32. The molecular weight excluding hydrogens is 206 g/mol. The first-order valence-electron chi connectivity index (χ1n) is 5.25. The maximum Gasteiger partial charge on any atom is 0.133 e. The van der Waals surface area contributed by atoms with Crippen LogP contribution in [0.2, 0.25) is 0 Å². The number of hydrogen-bond acceptors (Lipinski definition) is 4. The SMILES string of the molecule is C[C@H](NCC(O)c1ccco1)c1ccco1. The fraction of sp³-hybridized carbons (Fsp3) is 0.333. The van der Waals surface area contributed by atoms with Gasteiger partial charge in [-0.05, 0) is 31.2 Å². The molecule has 2 heterocycles. The van der Waals surface area contributed by atoms with Gasteiger partial charge in [0.15, 0.2) is 0 Å². The Hall–Kier alpha value is -1.52. The van der Waals surface area contributed by atoms with Gasteiger partial charge in [0.2, 0.25) is 0 Å². The normalized spacial score (nSPS) is 14.9. The van der Waals surface area contributed by atoms with Crippen LogP contribution in [0.25, 0.3) is 0 Å². The van der Waals surface area contributed by atoms with Gasteiger partial charge < -0.3 is 19.3 Å². The quantitative estimate of drug-likeness (QED) is 0.813. The van der Waals surface area contributed by atoms with Crippen LogP contribution in [0, 0.1) is 0 Å². The molecule has 0 aliphatic carbocycles. The molecule has 2 N–H and O–H groups in total. The second kappa shape index (κ2) is 5.01. The molecule has 2 atom stereocenters. The van der Waals surface area contributed by atoms with Crippen molar-refractivity contribution >= 4 is 0 Å². The third-order valence-corrected chi connectivity index (χ3v) is 2.46. The van der Waals surface area contributed by atoms with E-state index in [0.29, 0.717) is 12.3 Å². The van der Waals surface area contributed by atoms with E-state index >= 15 is 0 Å². The molecule has 2 rings (SSSR count). The van der Waals surface area contributed by atoms with Crippen LogP contribution in [0.1, 0.15) is 30.6 Å². The Balaban J connectivity index is 1.84. The summed E-state index contributed by atoms with van der Waals surface area (Å²) in [5, 5.41) is 12.9. The van der Waals surface area contributed by atoms with Crippen LogP contribution in [-0.4, -0.2) is 11.7 Å². The lowest BCUT2D eigenvalue weighted by molar-refractivity contribution is 0.143. The molecule has 0 amide bonds. The highest BCUT2D eigenvalue weighted by Gasteiger charge is 2.13. The lowest BCUT2D eigenvalue weighted by Crippen LogP contribution is -2.24. The van der Waals surface area contributed by atoms with E-state index in [1.54, 1.807) is 24.7 Å². The molecule has 0 radical (unpaired) electrons. The third kappa shape index (κ3) is 2.53. The number of aliphatic hydroxyl groups excluding tert-OH is 1. The van der Waals surface area contributed by atoms with E-state index in [1.807, 2.05) is 19.1 Å². The monoisotopic (exact) mass is 221 g/mol. The predicted molar refractivity (Wildman–Crippen MR) is 58.8 cm³/mol. The van der Waals surface area contributed by atoms with Crippen LogP contribution >= 0.6 is 0 Å². The van der Waals surface area contributed by atoms with E-state index < -0.39 is 6.10 Å². The average molecular weight is 221 g/mol. The zero-order chi connectivity index (χ0) is 11.4. The summed E-state index contributed by atoms with van der Waals surface area (Å²) in [4.78, 5) is 0. The zero-order valence-corrected chi connectivity index (χ0v) is 9.09. The van der Waals surface area contributed by atoms with E-state index in [2.05, 4.69) is 5.32 Å². The van der Waals surface area contributed by atoms with Gasteiger partial charge >= 0.3 is 0 Å². The van der Waals surface area contributed by atoms with Crippen LogP contribution in [0.5, 0.6) is 0 Å². The van der Waals surface area contributed by atoms with Gasteiger partial charge in [-0.25, -0.2) is 0 Å². The summed E-state index contributed by atoms with van der Waals surface area (Å²) < 4.78 is 10.4. The molecule has 0 fully saturated rings. The first kappa shape index (κ1) is 11.0. The molecule has 0 aliphatic heterocycles. The van der Waals surface area contributed by atoms with E-state index in [9.17, 15) is 5.11 Å². The van der Waals surface area contributed by atoms with Crippen molar-refractivity contribution in [3.8, 4) is 0 Å². The molecule has 0 saturated carbocycles. The molecule has 16 heavy (non-hydrogen) atoms. The van der Waals surface area contributed by atoms with Crippen LogP contribution in [0.15, 0.2) is 45.6 Å². The molecule has 0 spiro atoms. The molecule has 1 unspecified atom stereocenters. The summed E-state index contributed by atoms with van der Waals surface area (Å²) in [5.41, 5.74) is 0. The van der Waals surface area contributed by atoms with Crippen molar-refractivity contribution in [1.29, 1.82) is 0 Å². The summed E-state index contributed by atoms with van der Waals surface area (Å²) >= 11 is 0.